The minimum Gasteiger partial charge on any atom is -0.396 e. The van der Waals surface area contributed by atoms with E-state index in [2.05, 4.69) is 80.4 Å². The van der Waals surface area contributed by atoms with Crippen molar-refractivity contribution >= 4 is 5.78 Å². The van der Waals surface area contributed by atoms with Crippen LogP contribution in [0.3, 0.4) is 0 Å². The zero-order valence-electron chi connectivity index (χ0n) is 22.9. The molecule has 4 nitrogen and oxygen atoms in total. The highest BCUT2D eigenvalue weighted by Gasteiger charge is 2.39. The van der Waals surface area contributed by atoms with Gasteiger partial charge in [-0.3, -0.25) is 9.69 Å². The molecule has 0 radical (unpaired) electrons. The number of nitrogens with one attached hydrogen (secondary N) is 1. The number of aliphatic hydroxyl groups is 1. The fourth-order valence-corrected chi connectivity index (χ4v) is 4.11. The van der Waals surface area contributed by atoms with Crippen LogP contribution in [-0.2, 0) is 6.54 Å². The number of ketones is 1. The normalized spacial score (nSPS) is 20.2. The molecule has 2 N–H and O–H groups in total. The van der Waals surface area contributed by atoms with Crippen LogP contribution in [0, 0.1) is 5.41 Å². The summed E-state index contributed by atoms with van der Waals surface area (Å²) in [5.74, 6) is 0.853. The molecule has 4 rings (SSSR count). The summed E-state index contributed by atoms with van der Waals surface area (Å²) in [6.45, 7) is 15.9. The lowest BCUT2D eigenvalue weighted by Gasteiger charge is -2.32. The van der Waals surface area contributed by atoms with Crippen molar-refractivity contribution in [1.82, 2.24) is 10.2 Å². The van der Waals surface area contributed by atoms with E-state index >= 15 is 0 Å². The second-order valence-electron chi connectivity index (χ2n) is 11.6. The van der Waals surface area contributed by atoms with Crippen LogP contribution in [0.5, 0.6) is 0 Å². The number of nitrogens with zero attached hydrogens (tertiary/aromatic N) is 1. The number of hydrogen-bond donors (Lipinski definition) is 2. The maximum Gasteiger partial charge on any atom is 0.159 e. The molecule has 1 aliphatic heterocycles. The first-order valence-electron chi connectivity index (χ1n) is 13.3. The average Bonchev–Trinajstić information content (AvgIpc) is 3.59. The molecule has 1 heterocycles. The van der Waals surface area contributed by atoms with E-state index in [4.69, 9.17) is 5.11 Å². The van der Waals surface area contributed by atoms with Gasteiger partial charge in [0.2, 0.25) is 0 Å². The van der Waals surface area contributed by atoms with Crippen molar-refractivity contribution in [1.29, 1.82) is 0 Å². The Bertz CT molecular complexity index is 848. The number of carbonyl (C=O) groups excluding carboxylic acids is 1. The van der Waals surface area contributed by atoms with Crippen molar-refractivity contribution in [3.63, 3.8) is 0 Å². The van der Waals surface area contributed by atoms with Gasteiger partial charge in [0, 0.05) is 38.1 Å². The van der Waals surface area contributed by atoms with Crippen molar-refractivity contribution < 1.29 is 11.3 Å². The molecular formula is C31H50N2O2. The van der Waals surface area contributed by atoms with E-state index in [0.29, 0.717) is 30.0 Å². The number of likely N-dealkylation sites (tertiary alicyclic amines) is 1. The Morgan fingerprint density at radius 2 is 1.57 bits per heavy atom. The van der Waals surface area contributed by atoms with Crippen LogP contribution in [0.1, 0.15) is 96.1 Å². The van der Waals surface area contributed by atoms with Crippen LogP contribution in [0.25, 0.3) is 0 Å². The minimum absolute atomic E-state index is 0. The molecular weight excluding hydrogens is 432 g/mol. The third kappa shape index (κ3) is 12.0. The first-order valence-corrected chi connectivity index (χ1v) is 13.3. The lowest BCUT2D eigenvalue weighted by Crippen LogP contribution is -2.43. The fraction of sp³-hybridized carbons (Fsp3) is 0.581. The lowest BCUT2D eigenvalue weighted by molar-refractivity contribution is 0.101. The number of benzene rings is 2. The predicted octanol–water partition coefficient (Wildman–Crippen LogP) is 6.69. The number of carbonyl (C=O) groups is 1. The van der Waals surface area contributed by atoms with Crippen LogP contribution in [0.2, 0.25) is 0 Å². The Labute approximate surface area is 215 Å². The molecule has 2 fully saturated rings. The first-order chi connectivity index (χ1) is 16.6. The highest BCUT2D eigenvalue weighted by Crippen LogP contribution is 2.41. The Kier molecular flexibility index (Phi) is 12.1. The zero-order valence-corrected chi connectivity index (χ0v) is 22.9. The molecule has 1 saturated carbocycles. The van der Waals surface area contributed by atoms with Crippen molar-refractivity contribution in [3.8, 4) is 0 Å². The van der Waals surface area contributed by atoms with Gasteiger partial charge >= 0.3 is 0 Å². The summed E-state index contributed by atoms with van der Waals surface area (Å²) in [7, 11) is 0. The summed E-state index contributed by atoms with van der Waals surface area (Å²) >= 11 is 0. The largest absolute Gasteiger partial charge is 0.396 e. The molecule has 1 saturated heterocycles. The van der Waals surface area contributed by atoms with Crippen LogP contribution >= 0.6 is 0 Å². The van der Waals surface area contributed by atoms with Crippen LogP contribution in [-0.4, -0.2) is 47.6 Å². The zero-order chi connectivity index (χ0) is 25.8. The van der Waals surface area contributed by atoms with Crippen LogP contribution < -0.4 is 5.32 Å². The molecule has 0 spiro atoms. The summed E-state index contributed by atoms with van der Waals surface area (Å²) in [5.41, 5.74) is 4.08. The van der Waals surface area contributed by atoms with Gasteiger partial charge in [0.25, 0.3) is 0 Å². The number of rotatable bonds is 7. The van der Waals surface area contributed by atoms with Gasteiger partial charge in [-0.25, -0.2) is 0 Å². The number of hydrogen-bond acceptors (Lipinski definition) is 4. The van der Waals surface area contributed by atoms with Gasteiger partial charge in [-0.05, 0) is 62.2 Å². The van der Waals surface area contributed by atoms with E-state index in [1.165, 1.54) is 30.4 Å². The Morgan fingerprint density at radius 1 is 1.03 bits per heavy atom. The van der Waals surface area contributed by atoms with Gasteiger partial charge in [-0.2, -0.15) is 0 Å². The summed E-state index contributed by atoms with van der Waals surface area (Å²) in [6, 6.07) is 20.3. The summed E-state index contributed by atoms with van der Waals surface area (Å²) in [6.07, 6.45) is 4.61. The SMILES string of the molecule is CC(=O)c1ccc(CN2CCC(N[C@@H]3C[C@H]3c3ccccc3)CC2)cc1.CC(C)(C)C.CCCO.[HH]. The second-order valence-corrected chi connectivity index (χ2v) is 11.6. The Hall–Kier alpha value is -2.01. The third-order valence-electron chi connectivity index (χ3n) is 6.05. The van der Waals surface area contributed by atoms with E-state index in [0.717, 1.165) is 31.6 Å². The molecule has 2 aromatic carbocycles. The van der Waals surface area contributed by atoms with E-state index in [-0.39, 0.29) is 7.21 Å². The Balaban J connectivity index is 0.000000562. The molecule has 0 bridgehead atoms. The smallest absolute Gasteiger partial charge is 0.159 e. The molecule has 0 unspecified atom stereocenters. The predicted molar refractivity (Wildman–Crippen MR) is 150 cm³/mol. The first kappa shape index (κ1) is 29.2. The van der Waals surface area contributed by atoms with Gasteiger partial charge in [-0.1, -0.05) is 89.2 Å². The standard InChI is InChI=1S/C23H28N2O.C5H12.C3H8O.H2/c1-17(26)19-9-7-18(8-10-19)16-25-13-11-21(12-14-25)24-23-15-22(23)20-5-3-2-4-6-20;1-5(2,3)4;1-2-3-4;/h2-10,21-24H,11-16H2,1H3;1-4H3;4H,2-3H2,1H3;1H/t22-,23+;;;/m0.../s1. The van der Waals surface area contributed by atoms with Crippen LogP contribution in [0.4, 0.5) is 0 Å². The van der Waals surface area contributed by atoms with E-state index in [1.54, 1.807) is 6.92 Å². The van der Waals surface area contributed by atoms with Gasteiger partial charge in [0.05, 0.1) is 0 Å². The molecule has 2 aromatic rings. The number of aliphatic hydroxyl groups excluding tert-OH is 1. The molecule has 196 valence electrons. The lowest BCUT2D eigenvalue weighted by atomic mass is 10.0. The van der Waals surface area contributed by atoms with Crippen LogP contribution in [0.15, 0.2) is 54.6 Å². The average molecular weight is 483 g/mol. The monoisotopic (exact) mass is 482 g/mol. The van der Waals surface area contributed by atoms with Crippen molar-refractivity contribution in [2.45, 2.75) is 91.8 Å². The van der Waals surface area contributed by atoms with E-state index in [9.17, 15) is 4.79 Å². The Morgan fingerprint density at radius 3 is 2.06 bits per heavy atom. The van der Waals surface area contributed by atoms with Gasteiger partial charge in [0.1, 0.15) is 0 Å². The number of piperidine rings is 1. The topological polar surface area (TPSA) is 52.6 Å². The second kappa shape index (κ2) is 14.5. The molecule has 0 amide bonds. The van der Waals surface area contributed by atoms with Gasteiger partial charge in [0.15, 0.2) is 5.78 Å². The molecule has 1 aliphatic carbocycles. The van der Waals surface area contributed by atoms with E-state index in [1.807, 2.05) is 19.1 Å². The maximum absolute atomic E-state index is 11.4. The summed E-state index contributed by atoms with van der Waals surface area (Å²) in [5, 5.41) is 11.8. The third-order valence-corrected chi connectivity index (χ3v) is 6.05. The maximum atomic E-state index is 11.4. The minimum atomic E-state index is 0. The molecule has 35 heavy (non-hydrogen) atoms. The molecule has 2 atom stereocenters. The summed E-state index contributed by atoms with van der Waals surface area (Å²) in [4.78, 5) is 13.9. The molecule has 4 heteroatoms. The highest BCUT2D eigenvalue weighted by molar-refractivity contribution is 5.93. The van der Waals surface area contributed by atoms with Gasteiger partial charge in [-0.15, -0.1) is 0 Å². The highest BCUT2D eigenvalue weighted by atomic mass is 16.2. The fourth-order valence-electron chi connectivity index (χ4n) is 4.11. The van der Waals surface area contributed by atoms with Crippen molar-refractivity contribution in [3.05, 3.63) is 71.3 Å². The summed E-state index contributed by atoms with van der Waals surface area (Å²) < 4.78 is 0. The molecule has 0 aromatic heterocycles. The van der Waals surface area contributed by atoms with Crippen molar-refractivity contribution in [2.24, 2.45) is 5.41 Å². The van der Waals surface area contributed by atoms with Gasteiger partial charge < -0.3 is 10.4 Å². The van der Waals surface area contributed by atoms with E-state index < -0.39 is 0 Å². The molecule has 2 aliphatic rings. The number of Topliss-reactive ketones (excluding diaryl/α,β-unsaturated/α-hetero) is 1. The van der Waals surface area contributed by atoms with Crippen molar-refractivity contribution in [2.75, 3.05) is 19.7 Å². The quantitative estimate of drug-likeness (QED) is 0.432.